The average Bonchev–Trinajstić information content (AvgIpc) is 2.76. The van der Waals surface area contributed by atoms with Gasteiger partial charge in [0, 0.05) is 16.5 Å². The Morgan fingerprint density at radius 2 is 1.33 bits per heavy atom. The highest BCUT2D eigenvalue weighted by atomic mass is 35.5. The summed E-state index contributed by atoms with van der Waals surface area (Å²) in [6, 6.07) is 23.0. The molecule has 3 rings (SSSR count). The molecule has 1 amide bonds. The van der Waals surface area contributed by atoms with E-state index < -0.39 is 17.9 Å². The van der Waals surface area contributed by atoms with Crippen LogP contribution in [0.5, 0.6) is 0 Å². The van der Waals surface area contributed by atoms with Gasteiger partial charge in [-0.3, -0.25) is 4.79 Å². The van der Waals surface area contributed by atoms with Gasteiger partial charge in [0.2, 0.25) is 5.91 Å². The van der Waals surface area contributed by atoms with Crippen LogP contribution < -0.4 is 5.32 Å². The van der Waals surface area contributed by atoms with E-state index >= 15 is 0 Å². The maximum atomic E-state index is 13.4. The van der Waals surface area contributed by atoms with Crippen LogP contribution in [0.3, 0.4) is 0 Å². The van der Waals surface area contributed by atoms with Gasteiger partial charge < -0.3 is 10.1 Å². The Kier molecular flexibility index (Phi) is 7.50. The lowest BCUT2D eigenvalue weighted by atomic mass is 9.90. The summed E-state index contributed by atoms with van der Waals surface area (Å²) in [5, 5.41) is 3.69. The van der Waals surface area contributed by atoms with Crippen molar-refractivity contribution in [2.24, 2.45) is 0 Å². The summed E-state index contributed by atoms with van der Waals surface area (Å²) in [6.45, 7) is 0. The smallest absolute Gasteiger partial charge is 0.328 e. The zero-order valence-corrected chi connectivity index (χ0v) is 17.9. The van der Waals surface area contributed by atoms with Crippen LogP contribution in [0.15, 0.2) is 78.9 Å². The fourth-order valence-corrected chi connectivity index (χ4v) is 3.86. The number of hydrogen-bond acceptors (Lipinski definition) is 3. The van der Waals surface area contributed by atoms with Crippen molar-refractivity contribution in [2.45, 2.75) is 18.4 Å². The van der Waals surface area contributed by atoms with Gasteiger partial charge in [0.15, 0.2) is 0 Å². The van der Waals surface area contributed by atoms with Crippen LogP contribution in [-0.4, -0.2) is 25.0 Å². The van der Waals surface area contributed by atoms with Gasteiger partial charge in [-0.15, -0.1) is 0 Å². The van der Waals surface area contributed by atoms with Crippen LogP contribution in [-0.2, 0) is 20.7 Å². The molecule has 154 valence electrons. The Morgan fingerprint density at radius 1 is 0.833 bits per heavy atom. The molecular formula is C24H21Cl2NO3. The summed E-state index contributed by atoms with van der Waals surface area (Å²) in [4.78, 5) is 25.8. The lowest BCUT2D eigenvalue weighted by Crippen LogP contribution is -2.45. The zero-order chi connectivity index (χ0) is 21.5. The highest BCUT2D eigenvalue weighted by Gasteiger charge is 2.29. The second kappa shape index (κ2) is 10.3. The molecule has 4 nitrogen and oxygen atoms in total. The molecule has 0 bridgehead atoms. The molecule has 0 aromatic heterocycles. The monoisotopic (exact) mass is 441 g/mol. The highest BCUT2D eigenvalue weighted by molar-refractivity contribution is 6.36. The predicted octanol–water partition coefficient (Wildman–Crippen LogP) is 5.03. The van der Waals surface area contributed by atoms with E-state index in [9.17, 15) is 9.59 Å². The summed E-state index contributed by atoms with van der Waals surface area (Å²) in [5.74, 6) is -1.47. The Morgan fingerprint density at radius 3 is 1.80 bits per heavy atom. The van der Waals surface area contributed by atoms with Gasteiger partial charge in [-0.1, -0.05) is 89.9 Å². The summed E-state index contributed by atoms with van der Waals surface area (Å²) in [6.07, 6.45) is 0.118. The number of rotatable bonds is 7. The molecule has 0 aliphatic rings. The van der Waals surface area contributed by atoms with Crippen LogP contribution in [0, 0.1) is 0 Å². The molecule has 3 aromatic rings. The minimum atomic E-state index is -0.935. The number of carbonyl (C=O) groups is 2. The first kappa shape index (κ1) is 21.9. The van der Waals surface area contributed by atoms with Gasteiger partial charge in [0.05, 0.1) is 13.0 Å². The normalized spacial score (nSPS) is 11.7. The zero-order valence-electron chi connectivity index (χ0n) is 16.3. The van der Waals surface area contributed by atoms with Crippen molar-refractivity contribution in [1.29, 1.82) is 0 Å². The van der Waals surface area contributed by atoms with Crippen molar-refractivity contribution in [2.75, 3.05) is 7.11 Å². The van der Waals surface area contributed by atoms with E-state index in [1.807, 2.05) is 60.7 Å². The van der Waals surface area contributed by atoms with E-state index in [-0.39, 0.29) is 12.3 Å². The third kappa shape index (κ3) is 5.21. The number of hydrogen-bond donors (Lipinski definition) is 1. The van der Waals surface area contributed by atoms with Crippen molar-refractivity contribution in [3.05, 3.63) is 106 Å². The summed E-state index contributed by atoms with van der Waals surface area (Å²) < 4.78 is 4.92. The Hall–Kier alpha value is -2.82. The van der Waals surface area contributed by atoms with E-state index in [2.05, 4.69) is 5.32 Å². The molecule has 30 heavy (non-hydrogen) atoms. The third-order valence-electron chi connectivity index (χ3n) is 4.80. The van der Waals surface area contributed by atoms with E-state index in [0.717, 1.165) is 11.1 Å². The molecule has 0 unspecified atom stereocenters. The summed E-state index contributed by atoms with van der Waals surface area (Å²) >= 11 is 12.5. The van der Waals surface area contributed by atoms with Crippen molar-refractivity contribution in [1.82, 2.24) is 5.32 Å². The molecule has 0 radical (unpaired) electrons. The molecule has 0 aliphatic heterocycles. The lowest BCUT2D eigenvalue weighted by molar-refractivity contribution is -0.145. The quantitative estimate of drug-likeness (QED) is 0.523. The fourth-order valence-electron chi connectivity index (χ4n) is 3.31. The topological polar surface area (TPSA) is 55.4 Å². The number of carbonyl (C=O) groups excluding carboxylic acids is 2. The van der Waals surface area contributed by atoms with Gasteiger partial charge in [0.25, 0.3) is 0 Å². The largest absolute Gasteiger partial charge is 0.467 e. The first-order valence-corrected chi connectivity index (χ1v) is 10.2. The summed E-state index contributed by atoms with van der Waals surface area (Å²) in [7, 11) is 1.28. The van der Waals surface area contributed by atoms with Gasteiger partial charge in [-0.25, -0.2) is 4.79 Å². The number of amides is 1. The second-order valence-electron chi connectivity index (χ2n) is 6.74. The molecule has 6 heteroatoms. The molecule has 0 aliphatic carbocycles. The minimum Gasteiger partial charge on any atom is -0.467 e. The molecule has 0 spiro atoms. The van der Waals surface area contributed by atoms with Crippen LogP contribution in [0.4, 0.5) is 0 Å². The SMILES string of the molecule is COC(=O)[C@@H](Cc1c(Cl)cccc1Cl)NC(=O)C(c1ccccc1)c1ccccc1. The van der Waals surface area contributed by atoms with Gasteiger partial charge >= 0.3 is 5.97 Å². The Balaban J connectivity index is 1.92. The predicted molar refractivity (Wildman–Crippen MR) is 119 cm³/mol. The van der Waals surface area contributed by atoms with Crippen molar-refractivity contribution >= 4 is 35.1 Å². The van der Waals surface area contributed by atoms with Crippen LogP contribution in [0.1, 0.15) is 22.6 Å². The number of methoxy groups -OCH3 is 1. The fraction of sp³-hybridized carbons (Fsp3) is 0.167. The number of ether oxygens (including phenoxy) is 1. The maximum Gasteiger partial charge on any atom is 0.328 e. The molecule has 0 heterocycles. The Bertz CT molecular complexity index is 950. The Labute approximate surface area is 185 Å². The number of benzene rings is 3. The molecule has 1 N–H and O–H groups in total. The van der Waals surface area contributed by atoms with Crippen molar-refractivity contribution < 1.29 is 14.3 Å². The van der Waals surface area contributed by atoms with Crippen molar-refractivity contribution in [3.63, 3.8) is 0 Å². The van der Waals surface area contributed by atoms with Gasteiger partial charge in [-0.05, 0) is 28.8 Å². The highest BCUT2D eigenvalue weighted by Crippen LogP contribution is 2.27. The number of halogens is 2. The maximum absolute atomic E-state index is 13.4. The van der Waals surface area contributed by atoms with E-state index in [0.29, 0.717) is 15.6 Å². The standard InChI is InChI=1S/C24H21Cl2NO3/c1-30-24(29)21(15-18-19(25)13-8-14-20(18)26)27-23(28)22(16-9-4-2-5-10-16)17-11-6-3-7-12-17/h2-14,21-22H,15H2,1H3,(H,27,28)/t21-/m1/s1. The number of nitrogens with one attached hydrogen (secondary N) is 1. The lowest BCUT2D eigenvalue weighted by Gasteiger charge is -2.23. The van der Waals surface area contributed by atoms with E-state index in [1.54, 1.807) is 18.2 Å². The first-order chi connectivity index (χ1) is 14.5. The van der Waals surface area contributed by atoms with Crippen LogP contribution in [0.2, 0.25) is 10.0 Å². The van der Waals surface area contributed by atoms with E-state index in [1.165, 1.54) is 7.11 Å². The molecule has 0 fully saturated rings. The average molecular weight is 442 g/mol. The molecule has 1 atom stereocenters. The first-order valence-electron chi connectivity index (χ1n) is 9.42. The molecule has 0 saturated carbocycles. The third-order valence-corrected chi connectivity index (χ3v) is 5.51. The van der Waals surface area contributed by atoms with Crippen molar-refractivity contribution in [3.8, 4) is 0 Å². The minimum absolute atomic E-state index is 0.118. The second-order valence-corrected chi connectivity index (χ2v) is 7.56. The number of esters is 1. The van der Waals surface area contributed by atoms with Gasteiger partial charge in [0.1, 0.15) is 6.04 Å². The van der Waals surface area contributed by atoms with E-state index in [4.69, 9.17) is 27.9 Å². The molecular weight excluding hydrogens is 421 g/mol. The molecule has 0 saturated heterocycles. The molecule has 3 aromatic carbocycles. The van der Waals surface area contributed by atoms with Crippen LogP contribution in [0.25, 0.3) is 0 Å². The van der Waals surface area contributed by atoms with Gasteiger partial charge in [-0.2, -0.15) is 0 Å². The van der Waals surface area contributed by atoms with Crippen LogP contribution >= 0.6 is 23.2 Å². The summed E-state index contributed by atoms with van der Waals surface area (Å²) in [5.41, 5.74) is 2.22.